The van der Waals surface area contributed by atoms with Crippen LogP contribution in [-0.2, 0) is 20.3 Å². The Hall–Kier alpha value is -2.92. The molecule has 1 saturated heterocycles. The minimum Gasteiger partial charge on any atom is -0.495 e. The first-order chi connectivity index (χ1) is 14.7. The zero-order valence-electron chi connectivity index (χ0n) is 18.0. The highest BCUT2D eigenvalue weighted by molar-refractivity contribution is 7.89. The summed E-state index contributed by atoms with van der Waals surface area (Å²) in [7, 11) is -0.270. The Labute approximate surface area is 181 Å². The van der Waals surface area contributed by atoms with Gasteiger partial charge in [-0.3, -0.25) is 0 Å². The van der Waals surface area contributed by atoms with Gasteiger partial charge in [-0.25, -0.2) is 23.2 Å². The maximum absolute atomic E-state index is 11.9. The Balaban J connectivity index is 2.05. The molecule has 1 aliphatic heterocycles. The number of ether oxygens (including phenoxy) is 2. The molecular formula is C20H27N5O5S. The fraction of sp³-hybridized carbons (Fsp3) is 0.450. The molecule has 0 unspecified atom stereocenters. The van der Waals surface area contributed by atoms with E-state index in [2.05, 4.69) is 20.5 Å². The molecule has 168 valence electrons. The Morgan fingerprint density at radius 3 is 2.74 bits per heavy atom. The van der Waals surface area contributed by atoms with Crippen LogP contribution in [0.15, 0.2) is 24.3 Å². The quantitative estimate of drug-likeness (QED) is 0.683. The number of hydrogen-bond donors (Lipinski definition) is 2. The first-order valence-electron chi connectivity index (χ1n) is 9.77. The Bertz CT molecular complexity index is 1060. The van der Waals surface area contributed by atoms with E-state index in [9.17, 15) is 13.2 Å². The van der Waals surface area contributed by atoms with Crippen LogP contribution in [0.25, 0.3) is 11.4 Å². The normalized spacial score (nSPS) is 16.6. The van der Waals surface area contributed by atoms with Gasteiger partial charge in [0.2, 0.25) is 0 Å². The van der Waals surface area contributed by atoms with E-state index in [1.165, 1.54) is 20.4 Å². The molecule has 2 N–H and O–H groups in total. The maximum atomic E-state index is 11.9. The molecule has 2 aromatic rings. The average Bonchev–Trinajstić information content (AvgIpc) is 2.72. The van der Waals surface area contributed by atoms with E-state index in [4.69, 9.17) is 14.5 Å². The number of aromatic nitrogens is 2. The van der Waals surface area contributed by atoms with Crippen LogP contribution in [0, 0.1) is 0 Å². The summed E-state index contributed by atoms with van der Waals surface area (Å²) < 4.78 is 34.7. The van der Waals surface area contributed by atoms with Gasteiger partial charge in [0.15, 0.2) is 15.7 Å². The predicted octanol–water partition coefficient (Wildman–Crippen LogP) is 1.67. The lowest BCUT2D eigenvalue weighted by atomic mass is 10.1. The zero-order valence-corrected chi connectivity index (χ0v) is 18.8. The van der Waals surface area contributed by atoms with Gasteiger partial charge < -0.3 is 25.0 Å². The molecule has 2 amide bonds. The number of carbonyl (C=O) groups excluding carboxylic acids is 1. The van der Waals surface area contributed by atoms with Crippen LogP contribution in [-0.4, -0.2) is 70.6 Å². The van der Waals surface area contributed by atoms with Crippen molar-refractivity contribution in [3.63, 3.8) is 0 Å². The lowest BCUT2D eigenvalue weighted by Gasteiger charge is -2.34. The number of morpholine rings is 1. The summed E-state index contributed by atoms with van der Waals surface area (Å²) in [5.41, 5.74) is 1.53. The predicted molar refractivity (Wildman–Crippen MR) is 118 cm³/mol. The fourth-order valence-electron chi connectivity index (χ4n) is 3.29. The lowest BCUT2D eigenvalue weighted by molar-refractivity contribution is 0.0985. The van der Waals surface area contributed by atoms with Crippen LogP contribution in [0.2, 0.25) is 0 Å². The fourth-order valence-corrected chi connectivity index (χ4v) is 3.97. The van der Waals surface area contributed by atoms with Gasteiger partial charge in [-0.1, -0.05) is 0 Å². The van der Waals surface area contributed by atoms with Gasteiger partial charge in [0, 0.05) is 31.5 Å². The third-order valence-electron chi connectivity index (χ3n) is 4.77. The maximum Gasteiger partial charge on any atom is 0.319 e. The molecule has 31 heavy (non-hydrogen) atoms. The smallest absolute Gasteiger partial charge is 0.319 e. The minimum absolute atomic E-state index is 0.0938. The first kappa shape index (κ1) is 22.8. The van der Waals surface area contributed by atoms with Crippen LogP contribution in [0.5, 0.6) is 5.75 Å². The molecule has 1 fully saturated rings. The van der Waals surface area contributed by atoms with Crippen LogP contribution in [0.4, 0.5) is 16.3 Å². The number of benzene rings is 1. The second kappa shape index (κ2) is 9.48. The lowest BCUT2D eigenvalue weighted by Crippen LogP contribution is -2.44. The van der Waals surface area contributed by atoms with E-state index in [1.807, 2.05) is 6.92 Å². The first-order valence-corrected chi connectivity index (χ1v) is 11.8. The van der Waals surface area contributed by atoms with E-state index in [0.717, 1.165) is 0 Å². The third-order valence-corrected chi connectivity index (χ3v) is 5.59. The monoisotopic (exact) mass is 449 g/mol. The summed E-state index contributed by atoms with van der Waals surface area (Å²) in [6, 6.07) is 6.58. The van der Waals surface area contributed by atoms with E-state index in [-0.39, 0.29) is 17.8 Å². The summed E-state index contributed by atoms with van der Waals surface area (Å²) in [6.07, 6.45) is 1.17. The molecule has 0 saturated carbocycles. The molecule has 1 aromatic carbocycles. The highest BCUT2D eigenvalue weighted by atomic mass is 32.2. The number of sulfone groups is 1. The van der Waals surface area contributed by atoms with Crippen molar-refractivity contribution in [3.8, 4) is 17.1 Å². The average molecular weight is 450 g/mol. The number of amides is 2. The van der Waals surface area contributed by atoms with Crippen LogP contribution in [0.1, 0.15) is 12.6 Å². The molecule has 0 bridgehead atoms. The second-order valence-electron chi connectivity index (χ2n) is 7.35. The largest absolute Gasteiger partial charge is 0.495 e. The number of urea groups is 1. The molecule has 11 heteroatoms. The van der Waals surface area contributed by atoms with Gasteiger partial charge >= 0.3 is 6.03 Å². The van der Waals surface area contributed by atoms with Crippen LogP contribution >= 0.6 is 0 Å². The third kappa shape index (κ3) is 5.82. The summed E-state index contributed by atoms with van der Waals surface area (Å²) in [5.74, 6) is 1.26. The summed E-state index contributed by atoms with van der Waals surface area (Å²) in [5, 5.41) is 5.17. The van der Waals surface area contributed by atoms with Crippen molar-refractivity contribution in [2.75, 3.05) is 50.4 Å². The highest BCUT2D eigenvalue weighted by Crippen LogP contribution is 2.31. The van der Waals surface area contributed by atoms with Crippen molar-refractivity contribution >= 4 is 27.4 Å². The number of rotatable bonds is 6. The zero-order chi connectivity index (χ0) is 22.6. The van der Waals surface area contributed by atoms with Gasteiger partial charge in [-0.05, 0) is 25.1 Å². The molecule has 1 aromatic heterocycles. The number of hydrogen-bond acceptors (Lipinski definition) is 8. The standard InChI is InChI=1S/C20H27N5O5S/c1-13-11-30-8-7-25(13)18-10-15(12-31(4,27)28)22-19(24-18)14-5-6-16(17(9-14)29-3)23-20(26)21-2/h5-6,9-10,13H,7-8,11-12H2,1-4H3,(H2,21,23,26)/t13-/m0/s1. The molecule has 0 aliphatic carbocycles. The molecule has 10 nitrogen and oxygen atoms in total. The molecule has 2 heterocycles. The summed E-state index contributed by atoms with van der Waals surface area (Å²) in [6.45, 7) is 3.81. The van der Waals surface area contributed by atoms with Crippen molar-refractivity contribution in [3.05, 3.63) is 30.0 Å². The summed E-state index contributed by atoms with van der Waals surface area (Å²) >= 11 is 0. The van der Waals surface area contributed by atoms with Gasteiger partial charge in [0.1, 0.15) is 11.6 Å². The Morgan fingerprint density at radius 1 is 1.32 bits per heavy atom. The summed E-state index contributed by atoms with van der Waals surface area (Å²) in [4.78, 5) is 22.9. The number of nitrogens with one attached hydrogen (secondary N) is 2. The molecule has 0 radical (unpaired) electrons. The Morgan fingerprint density at radius 2 is 2.10 bits per heavy atom. The molecule has 0 spiro atoms. The molecular weight excluding hydrogens is 422 g/mol. The number of methoxy groups -OCH3 is 1. The van der Waals surface area contributed by atoms with E-state index < -0.39 is 9.84 Å². The van der Waals surface area contributed by atoms with Crippen molar-refractivity contribution in [2.45, 2.75) is 18.7 Å². The van der Waals surface area contributed by atoms with Gasteiger partial charge in [-0.2, -0.15) is 0 Å². The topological polar surface area (TPSA) is 123 Å². The van der Waals surface area contributed by atoms with Crippen molar-refractivity contribution in [1.82, 2.24) is 15.3 Å². The van der Waals surface area contributed by atoms with Crippen LogP contribution < -0.4 is 20.3 Å². The van der Waals surface area contributed by atoms with Crippen molar-refractivity contribution in [2.24, 2.45) is 0 Å². The number of nitrogens with zero attached hydrogens (tertiary/aromatic N) is 3. The minimum atomic E-state index is -3.29. The SMILES string of the molecule is CNC(=O)Nc1ccc(-c2nc(CS(C)(=O)=O)cc(N3CCOC[C@@H]3C)n2)cc1OC. The second-order valence-corrected chi connectivity index (χ2v) is 9.49. The van der Waals surface area contributed by atoms with Gasteiger partial charge in [0.05, 0.1) is 43.5 Å². The van der Waals surface area contributed by atoms with E-state index in [0.29, 0.717) is 54.1 Å². The highest BCUT2D eigenvalue weighted by Gasteiger charge is 2.23. The number of anilines is 2. The van der Waals surface area contributed by atoms with Crippen LogP contribution in [0.3, 0.4) is 0 Å². The molecule has 3 rings (SSSR count). The molecule has 1 atom stereocenters. The molecule has 1 aliphatic rings. The van der Waals surface area contributed by atoms with Gasteiger partial charge in [0.25, 0.3) is 0 Å². The van der Waals surface area contributed by atoms with E-state index in [1.54, 1.807) is 24.3 Å². The van der Waals surface area contributed by atoms with E-state index >= 15 is 0 Å². The Kier molecular flexibility index (Phi) is 6.96. The number of carbonyl (C=O) groups is 1. The van der Waals surface area contributed by atoms with Gasteiger partial charge in [-0.15, -0.1) is 0 Å². The van der Waals surface area contributed by atoms with Crippen molar-refractivity contribution in [1.29, 1.82) is 0 Å². The van der Waals surface area contributed by atoms with Crippen molar-refractivity contribution < 1.29 is 22.7 Å².